The average molecular weight is 397 g/mol. The van der Waals surface area contributed by atoms with Gasteiger partial charge in [0.2, 0.25) is 5.69 Å². The number of thiophene rings is 1. The third-order valence-corrected chi connectivity index (χ3v) is 5.61. The van der Waals surface area contributed by atoms with Crippen LogP contribution in [0.3, 0.4) is 0 Å². The summed E-state index contributed by atoms with van der Waals surface area (Å²) in [4.78, 5) is 17.2. The number of primary amides is 1. The van der Waals surface area contributed by atoms with Crippen LogP contribution in [0.4, 0.5) is 20.5 Å². The van der Waals surface area contributed by atoms with Crippen LogP contribution >= 0.6 is 34.5 Å². The number of amides is 2. The molecular weight excluding hydrogens is 383 g/mol. The molecule has 0 atom stereocenters. The number of anilines is 2. The molecule has 130 valence electrons. The summed E-state index contributed by atoms with van der Waals surface area (Å²) in [6.07, 6.45) is 0. The van der Waals surface area contributed by atoms with E-state index in [-0.39, 0.29) is 0 Å². The molecule has 9 heteroatoms. The van der Waals surface area contributed by atoms with Crippen LogP contribution in [-0.2, 0) is 4.74 Å². The van der Waals surface area contributed by atoms with E-state index >= 15 is 0 Å². The van der Waals surface area contributed by atoms with E-state index in [9.17, 15) is 4.79 Å². The smallest absolute Gasteiger partial charge is 0.317 e. The zero-order valence-corrected chi connectivity index (χ0v) is 15.3. The molecule has 1 saturated heterocycles. The van der Waals surface area contributed by atoms with E-state index < -0.39 is 6.03 Å². The van der Waals surface area contributed by atoms with Crippen molar-refractivity contribution in [1.29, 1.82) is 0 Å². The summed E-state index contributed by atoms with van der Waals surface area (Å²) in [5.41, 5.74) is 7.05. The zero-order valence-electron chi connectivity index (χ0n) is 13.0. The van der Waals surface area contributed by atoms with Crippen molar-refractivity contribution >= 4 is 56.3 Å². The van der Waals surface area contributed by atoms with Crippen LogP contribution in [0.15, 0.2) is 18.2 Å². The van der Waals surface area contributed by atoms with Crippen molar-refractivity contribution in [3.05, 3.63) is 39.7 Å². The molecule has 3 N–H and O–H groups in total. The minimum atomic E-state index is -0.687. The number of hydrogen-bond acceptors (Lipinski definition) is 4. The fraction of sp³-hybridized carbons (Fsp3) is 0.250. The maximum absolute atomic E-state index is 11.4. The van der Waals surface area contributed by atoms with Gasteiger partial charge in [-0.05, 0) is 17.7 Å². The number of benzene rings is 1. The Kier molecular flexibility index (Phi) is 5.35. The molecule has 1 aromatic heterocycles. The summed E-state index contributed by atoms with van der Waals surface area (Å²) >= 11 is 13.4. The van der Waals surface area contributed by atoms with Gasteiger partial charge in [-0.15, -0.1) is 11.3 Å². The normalized spacial score (nSPS) is 14.2. The lowest BCUT2D eigenvalue weighted by Crippen LogP contribution is -2.35. The zero-order chi connectivity index (χ0) is 18.0. The number of hydrogen-bond donors (Lipinski definition) is 2. The maximum Gasteiger partial charge on any atom is 0.317 e. The van der Waals surface area contributed by atoms with Gasteiger partial charge in [0.1, 0.15) is 0 Å². The Balaban J connectivity index is 2.16. The van der Waals surface area contributed by atoms with Crippen LogP contribution in [0, 0.1) is 6.57 Å². The molecule has 0 radical (unpaired) electrons. The Labute approximate surface area is 158 Å². The Bertz CT molecular complexity index is 857. The molecule has 0 bridgehead atoms. The first-order valence-electron chi connectivity index (χ1n) is 7.40. The lowest BCUT2D eigenvalue weighted by Gasteiger charge is -2.28. The fourth-order valence-electron chi connectivity index (χ4n) is 2.61. The van der Waals surface area contributed by atoms with E-state index in [4.69, 9.17) is 40.2 Å². The number of nitrogens with one attached hydrogen (secondary N) is 1. The van der Waals surface area contributed by atoms with Crippen molar-refractivity contribution in [3.8, 4) is 11.1 Å². The molecule has 2 amide bonds. The van der Waals surface area contributed by atoms with Crippen LogP contribution in [-0.4, -0.2) is 32.3 Å². The van der Waals surface area contributed by atoms with E-state index in [1.54, 1.807) is 18.2 Å². The van der Waals surface area contributed by atoms with Crippen molar-refractivity contribution in [2.45, 2.75) is 0 Å². The summed E-state index contributed by atoms with van der Waals surface area (Å²) in [6.45, 7) is 10.2. The van der Waals surface area contributed by atoms with Gasteiger partial charge in [-0.1, -0.05) is 29.3 Å². The maximum atomic E-state index is 11.4. The van der Waals surface area contributed by atoms with Crippen LogP contribution < -0.4 is 16.0 Å². The molecule has 1 aromatic carbocycles. The molecule has 2 aromatic rings. The van der Waals surface area contributed by atoms with Crippen molar-refractivity contribution in [2.75, 3.05) is 36.5 Å². The number of morpholine rings is 1. The summed E-state index contributed by atoms with van der Waals surface area (Å²) in [5.74, 6) is 0. The monoisotopic (exact) mass is 396 g/mol. The second-order valence-electron chi connectivity index (χ2n) is 5.29. The quantitative estimate of drug-likeness (QED) is 0.744. The molecule has 0 saturated carbocycles. The van der Waals surface area contributed by atoms with Gasteiger partial charge in [-0.3, -0.25) is 0 Å². The molecule has 1 aliphatic heterocycles. The Hall–Kier alpha value is -1.98. The molecule has 0 unspecified atom stereocenters. The molecule has 1 aliphatic rings. The van der Waals surface area contributed by atoms with Gasteiger partial charge in [0, 0.05) is 18.7 Å². The highest BCUT2D eigenvalue weighted by Crippen LogP contribution is 2.52. The van der Waals surface area contributed by atoms with Crippen molar-refractivity contribution < 1.29 is 9.53 Å². The number of halogens is 2. The van der Waals surface area contributed by atoms with E-state index in [1.807, 2.05) is 0 Å². The highest BCUT2D eigenvalue weighted by molar-refractivity contribution is 7.21. The number of rotatable bonds is 3. The first-order valence-corrected chi connectivity index (χ1v) is 8.97. The lowest BCUT2D eigenvalue weighted by molar-refractivity contribution is 0.123. The fourth-order valence-corrected chi connectivity index (χ4v) is 4.13. The number of ether oxygens (including phenoxy) is 1. The van der Waals surface area contributed by atoms with Crippen LogP contribution in [0.25, 0.3) is 16.0 Å². The molecule has 0 spiro atoms. The van der Waals surface area contributed by atoms with E-state index in [2.05, 4.69) is 15.1 Å². The van der Waals surface area contributed by atoms with Gasteiger partial charge >= 0.3 is 6.03 Å². The third-order valence-electron chi connectivity index (χ3n) is 3.72. The lowest BCUT2D eigenvalue weighted by atomic mass is 10.1. The van der Waals surface area contributed by atoms with E-state index in [0.717, 1.165) is 5.00 Å². The predicted octanol–water partition coefficient (Wildman–Crippen LogP) is 4.60. The minimum Gasteiger partial charge on any atom is -0.378 e. The Morgan fingerprint density at radius 1 is 1.32 bits per heavy atom. The van der Waals surface area contributed by atoms with Gasteiger partial charge < -0.3 is 20.7 Å². The largest absolute Gasteiger partial charge is 0.378 e. The van der Waals surface area contributed by atoms with E-state index in [1.165, 1.54) is 11.3 Å². The summed E-state index contributed by atoms with van der Waals surface area (Å²) in [7, 11) is 0. The molecule has 1 fully saturated rings. The molecule has 6 nitrogen and oxygen atoms in total. The number of nitrogens with two attached hydrogens (primary N) is 1. The highest BCUT2D eigenvalue weighted by Gasteiger charge is 2.25. The number of carbonyl (C=O) groups excluding carboxylic acids is 1. The molecule has 25 heavy (non-hydrogen) atoms. The van der Waals surface area contributed by atoms with Crippen LogP contribution in [0.5, 0.6) is 0 Å². The molecular formula is C16H14Cl2N4O2S. The first kappa shape index (κ1) is 17.8. The van der Waals surface area contributed by atoms with Crippen molar-refractivity contribution in [2.24, 2.45) is 5.73 Å². The number of carbonyl (C=O) groups is 1. The van der Waals surface area contributed by atoms with Crippen molar-refractivity contribution in [1.82, 2.24) is 0 Å². The van der Waals surface area contributed by atoms with Gasteiger partial charge in [0.15, 0.2) is 0 Å². The molecule has 2 heterocycles. The summed E-state index contributed by atoms with van der Waals surface area (Å²) in [5, 5.41) is 4.71. The minimum absolute atomic E-state index is 0.374. The first-order chi connectivity index (χ1) is 12.0. The average Bonchev–Trinajstić information content (AvgIpc) is 2.95. The van der Waals surface area contributed by atoms with Gasteiger partial charge in [-0.2, -0.15) is 0 Å². The summed E-state index contributed by atoms with van der Waals surface area (Å²) < 4.78 is 5.37. The SMILES string of the molecule is [C-]#[N+]c1c(N2CCOCC2)sc(NC(N)=O)c1-c1ccc(Cl)c(Cl)c1. The summed E-state index contributed by atoms with van der Waals surface area (Å²) in [6, 6.07) is 4.41. The number of nitrogens with zero attached hydrogens (tertiary/aromatic N) is 2. The van der Waals surface area contributed by atoms with Crippen LogP contribution in [0.1, 0.15) is 0 Å². The van der Waals surface area contributed by atoms with Gasteiger partial charge in [0.05, 0.1) is 39.8 Å². The molecule has 3 rings (SSSR count). The predicted molar refractivity (Wildman–Crippen MR) is 102 cm³/mol. The second-order valence-corrected chi connectivity index (χ2v) is 7.10. The standard InChI is InChI=1S/C16H14Cl2N4O2S/c1-20-13-12(9-2-3-10(17)11(18)8-9)14(21-16(19)23)25-15(13)22-4-6-24-7-5-22/h2-3,8H,4-7H2,(H3,19,21,23). The van der Waals surface area contributed by atoms with Crippen molar-refractivity contribution in [3.63, 3.8) is 0 Å². The Morgan fingerprint density at radius 2 is 2.04 bits per heavy atom. The number of urea groups is 1. The molecule has 0 aliphatic carbocycles. The van der Waals surface area contributed by atoms with Gasteiger partial charge in [-0.25, -0.2) is 9.64 Å². The highest BCUT2D eigenvalue weighted by atomic mass is 35.5. The topological polar surface area (TPSA) is 71.9 Å². The van der Waals surface area contributed by atoms with Crippen LogP contribution in [0.2, 0.25) is 10.0 Å². The third kappa shape index (κ3) is 3.67. The second kappa shape index (κ2) is 7.50. The Morgan fingerprint density at radius 3 is 2.64 bits per heavy atom. The van der Waals surface area contributed by atoms with E-state index in [0.29, 0.717) is 58.2 Å². The van der Waals surface area contributed by atoms with Gasteiger partial charge in [0.25, 0.3) is 0 Å².